The summed E-state index contributed by atoms with van der Waals surface area (Å²) >= 11 is 0. The van der Waals surface area contributed by atoms with Crippen molar-refractivity contribution in [1.29, 1.82) is 0 Å². The van der Waals surface area contributed by atoms with Gasteiger partial charge in [0.05, 0.1) is 5.69 Å². The molecule has 2 aliphatic rings. The van der Waals surface area contributed by atoms with E-state index in [1.165, 1.54) is 51.0 Å². The number of hydrogen-bond acceptors (Lipinski definition) is 3. The summed E-state index contributed by atoms with van der Waals surface area (Å²) in [6.07, 6.45) is 7.43. The zero-order valence-corrected chi connectivity index (χ0v) is 12.2. The Morgan fingerprint density at radius 3 is 2.84 bits per heavy atom. The van der Waals surface area contributed by atoms with Crippen molar-refractivity contribution in [3.8, 4) is 0 Å². The Labute approximate surface area is 116 Å². The lowest BCUT2D eigenvalue weighted by atomic mass is 10.1. The molecule has 1 saturated heterocycles. The van der Waals surface area contributed by atoms with Crippen molar-refractivity contribution < 1.29 is 0 Å². The highest BCUT2D eigenvalue weighted by atomic mass is 15.3. The predicted octanol–water partition coefficient (Wildman–Crippen LogP) is 1.95. The minimum Gasteiger partial charge on any atom is -0.313 e. The first-order chi connectivity index (χ1) is 9.24. The van der Waals surface area contributed by atoms with E-state index in [1.54, 1.807) is 0 Å². The second kappa shape index (κ2) is 5.63. The highest BCUT2D eigenvalue weighted by molar-refractivity contribution is 5.06. The average Bonchev–Trinajstić information content (AvgIpc) is 2.88. The maximum atomic E-state index is 4.32. The minimum atomic E-state index is 0.468. The summed E-state index contributed by atoms with van der Waals surface area (Å²) in [6.45, 7) is 5.96. The molecule has 1 aliphatic heterocycles. The van der Waals surface area contributed by atoms with Crippen LogP contribution in [0.1, 0.15) is 44.3 Å². The van der Waals surface area contributed by atoms with E-state index in [1.807, 2.05) is 10.9 Å². The Bertz CT molecular complexity index is 404. The monoisotopic (exact) mass is 262 g/mol. The second-order valence-electron chi connectivity index (χ2n) is 6.25. The quantitative estimate of drug-likeness (QED) is 0.850. The normalized spacial score (nSPS) is 25.1. The van der Waals surface area contributed by atoms with Gasteiger partial charge in [0.1, 0.15) is 0 Å². The van der Waals surface area contributed by atoms with Gasteiger partial charge in [0.15, 0.2) is 0 Å². The van der Waals surface area contributed by atoms with Gasteiger partial charge >= 0.3 is 0 Å². The lowest BCUT2D eigenvalue weighted by Gasteiger charge is -2.31. The van der Waals surface area contributed by atoms with E-state index in [4.69, 9.17) is 0 Å². The Morgan fingerprint density at radius 2 is 2.26 bits per heavy atom. The molecule has 1 aromatic rings. The van der Waals surface area contributed by atoms with Gasteiger partial charge in [-0.3, -0.25) is 9.58 Å². The average molecular weight is 262 g/mol. The van der Waals surface area contributed by atoms with Gasteiger partial charge in [-0.15, -0.1) is 0 Å². The fraction of sp³-hybridized carbons (Fsp3) is 0.800. The summed E-state index contributed by atoms with van der Waals surface area (Å²) in [7, 11) is 2.05. The number of nitrogens with zero attached hydrogens (tertiary/aromatic N) is 3. The Balaban J connectivity index is 1.67. The predicted molar refractivity (Wildman–Crippen MR) is 76.9 cm³/mol. The maximum absolute atomic E-state index is 4.32. The van der Waals surface area contributed by atoms with Gasteiger partial charge in [0, 0.05) is 38.4 Å². The van der Waals surface area contributed by atoms with E-state index in [0.717, 1.165) is 5.92 Å². The molecule has 106 valence electrons. The molecule has 0 aromatic carbocycles. The van der Waals surface area contributed by atoms with E-state index in [-0.39, 0.29) is 0 Å². The van der Waals surface area contributed by atoms with Crippen molar-refractivity contribution >= 4 is 0 Å². The van der Waals surface area contributed by atoms with Gasteiger partial charge in [0.2, 0.25) is 0 Å². The number of hydrogen-bond donors (Lipinski definition) is 1. The number of aryl methyl sites for hydroxylation is 1. The highest BCUT2D eigenvalue weighted by Gasteiger charge is 2.30. The van der Waals surface area contributed by atoms with Gasteiger partial charge in [-0.05, 0) is 51.1 Å². The zero-order chi connectivity index (χ0) is 13.2. The molecule has 1 saturated carbocycles. The molecule has 1 N–H and O–H groups in total. The van der Waals surface area contributed by atoms with Crippen LogP contribution in [0.15, 0.2) is 12.3 Å². The van der Waals surface area contributed by atoms with Crippen molar-refractivity contribution in [2.45, 2.75) is 44.7 Å². The van der Waals surface area contributed by atoms with E-state index >= 15 is 0 Å². The molecule has 2 fully saturated rings. The minimum absolute atomic E-state index is 0.468. The molecule has 2 atom stereocenters. The van der Waals surface area contributed by atoms with Crippen LogP contribution in [0.4, 0.5) is 0 Å². The molecular formula is C15H26N4. The fourth-order valence-electron chi connectivity index (χ4n) is 3.20. The van der Waals surface area contributed by atoms with Crippen molar-refractivity contribution in [2.75, 3.05) is 19.6 Å². The molecular weight excluding hydrogens is 236 g/mol. The number of rotatable bonds is 6. The van der Waals surface area contributed by atoms with Gasteiger partial charge in [-0.2, -0.15) is 5.10 Å². The number of aromatic nitrogens is 2. The van der Waals surface area contributed by atoms with Crippen LogP contribution in [-0.4, -0.2) is 40.4 Å². The summed E-state index contributed by atoms with van der Waals surface area (Å²) < 4.78 is 2.02. The number of nitrogens with one attached hydrogen (secondary N) is 1. The van der Waals surface area contributed by atoms with Crippen LogP contribution in [0.2, 0.25) is 0 Å². The van der Waals surface area contributed by atoms with Gasteiger partial charge in [0.25, 0.3) is 0 Å². The van der Waals surface area contributed by atoms with Crippen LogP contribution >= 0.6 is 0 Å². The molecule has 4 nitrogen and oxygen atoms in total. The first kappa shape index (κ1) is 13.1. The highest BCUT2D eigenvalue weighted by Crippen LogP contribution is 2.33. The smallest absolute Gasteiger partial charge is 0.0549 e. The summed E-state index contributed by atoms with van der Waals surface area (Å²) in [6, 6.07) is 3.32. The Hall–Kier alpha value is -0.870. The SMILES string of the molecule is CC(c1ccnn1C)N(CC1CC1)CC1CCCN1. The standard InChI is InChI=1S/C15H26N4/c1-12(15-7-9-17-18(15)2)19(10-13-5-6-13)11-14-4-3-8-16-14/h7,9,12-14,16H,3-6,8,10-11H2,1-2H3. The van der Waals surface area contributed by atoms with Crippen LogP contribution in [0.25, 0.3) is 0 Å². The van der Waals surface area contributed by atoms with E-state index < -0.39 is 0 Å². The van der Waals surface area contributed by atoms with Crippen LogP contribution in [-0.2, 0) is 7.05 Å². The van der Waals surface area contributed by atoms with E-state index in [9.17, 15) is 0 Å². The molecule has 2 unspecified atom stereocenters. The fourth-order valence-corrected chi connectivity index (χ4v) is 3.20. The third-order valence-corrected chi connectivity index (χ3v) is 4.64. The zero-order valence-electron chi connectivity index (χ0n) is 12.2. The van der Waals surface area contributed by atoms with Crippen LogP contribution in [0, 0.1) is 5.92 Å². The molecule has 0 spiro atoms. The van der Waals surface area contributed by atoms with Crippen molar-refractivity contribution in [1.82, 2.24) is 20.0 Å². The summed E-state index contributed by atoms with van der Waals surface area (Å²) in [5.74, 6) is 0.942. The van der Waals surface area contributed by atoms with Crippen LogP contribution in [0.3, 0.4) is 0 Å². The molecule has 19 heavy (non-hydrogen) atoms. The summed E-state index contributed by atoms with van der Waals surface area (Å²) in [5, 5.41) is 7.95. The van der Waals surface area contributed by atoms with Gasteiger partial charge in [-0.1, -0.05) is 0 Å². The van der Waals surface area contributed by atoms with E-state index in [0.29, 0.717) is 12.1 Å². The third kappa shape index (κ3) is 3.18. The molecule has 3 rings (SSSR count). The molecule has 0 radical (unpaired) electrons. The maximum Gasteiger partial charge on any atom is 0.0549 e. The third-order valence-electron chi connectivity index (χ3n) is 4.64. The van der Waals surface area contributed by atoms with E-state index in [2.05, 4.69) is 35.4 Å². The second-order valence-corrected chi connectivity index (χ2v) is 6.25. The van der Waals surface area contributed by atoms with Crippen molar-refractivity contribution in [3.63, 3.8) is 0 Å². The van der Waals surface area contributed by atoms with Gasteiger partial charge < -0.3 is 5.32 Å². The van der Waals surface area contributed by atoms with Crippen LogP contribution < -0.4 is 5.32 Å². The van der Waals surface area contributed by atoms with Crippen molar-refractivity contribution in [3.05, 3.63) is 18.0 Å². The largest absolute Gasteiger partial charge is 0.313 e. The van der Waals surface area contributed by atoms with Gasteiger partial charge in [-0.25, -0.2) is 0 Å². The topological polar surface area (TPSA) is 33.1 Å². The molecule has 0 amide bonds. The summed E-state index contributed by atoms with van der Waals surface area (Å²) in [5.41, 5.74) is 1.33. The summed E-state index contributed by atoms with van der Waals surface area (Å²) in [4.78, 5) is 2.66. The first-order valence-electron chi connectivity index (χ1n) is 7.69. The Kier molecular flexibility index (Phi) is 3.89. The van der Waals surface area contributed by atoms with Crippen LogP contribution in [0.5, 0.6) is 0 Å². The van der Waals surface area contributed by atoms with Crippen molar-refractivity contribution in [2.24, 2.45) is 13.0 Å². The lowest BCUT2D eigenvalue weighted by molar-refractivity contribution is 0.178. The molecule has 4 heteroatoms. The first-order valence-corrected chi connectivity index (χ1v) is 7.69. The molecule has 1 aromatic heterocycles. The molecule has 1 aliphatic carbocycles. The lowest BCUT2D eigenvalue weighted by Crippen LogP contribution is -2.40. The Morgan fingerprint density at radius 1 is 1.42 bits per heavy atom. The molecule has 2 heterocycles. The molecule has 0 bridgehead atoms.